The molecule has 0 saturated heterocycles. The number of rotatable bonds is 4. The fraction of sp³-hybridized carbons (Fsp3) is 0.308. The molecule has 1 atom stereocenters. The van der Waals surface area contributed by atoms with E-state index in [9.17, 15) is 5.11 Å². The molecule has 0 fully saturated rings. The lowest BCUT2D eigenvalue weighted by Crippen LogP contribution is -2.07. The van der Waals surface area contributed by atoms with Crippen LogP contribution in [-0.2, 0) is 0 Å². The van der Waals surface area contributed by atoms with Gasteiger partial charge in [-0.25, -0.2) is 4.98 Å². The molecule has 4 heteroatoms. The monoisotopic (exact) mass is 250 g/mol. The summed E-state index contributed by atoms with van der Waals surface area (Å²) < 4.78 is 0. The van der Waals surface area contributed by atoms with Crippen molar-refractivity contribution < 1.29 is 5.11 Å². The zero-order valence-electron chi connectivity index (χ0n) is 9.65. The molecule has 0 radical (unpaired) electrons. The van der Waals surface area contributed by atoms with Crippen LogP contribution in [-0.4, -0.2) is 22.0 Å². The summed E-state index contributed by atoms with van der Waals surface area (Å²) in [7, 11) is 0. The summed E-state index contributed by atoms with van der Waals surface area (Å²) >= 11 is 5.89. The minimum atomic E-state index is 0.144. The van der Waals surface area contributed by atoms with Crippen molar-refractivity contribution in [2.75, 3.05) is 11.9 Å². The topological polar surface area (TPSA) is 45.2 Å². The smallest absolute Gasteiger partial charge is 0.133 e. The van der Waals surface area contributed by atoms with Crippen LogP contribution in [0.25, 0.3) is 10.8 Å². The summed E-state index contributed by atoms with van der Waals surface area (Å²) in [6, 6.07) is 7.19. The minimum Gasteiger partial charge on any atom is -0.508 e. The number of aromatic hydroxyl groups is 1. The molecule has 90 valence electrons. The molecule has 1 unspecified atom stereocenters. The van der Waals surface area contributed by atoms with Gasteiger partial charge in [-0.3, -0.25) is 0 Å². The molecule has 2 aromatic rings. The van der Waals surface area contributed by atoms with E-state index >= 15 is 0 Å². The summed E-state index contributed by atoms with van der Waals surface area (Å²) in [4.78, 5) is 4.28. The summed E-state index contributed by atoms with van der Waals surface area (Å²) in [6.07, 6.45) is 2.63. The van der Waals surface area contributed by atoms with Crippen molar-refractivity contribution in [3.63, 3.8) is 0 Å². The quantitative estimate of drug-likeness (QED) is 0.818. The second-order valence-electron chi connectivity index (χ2n) is 4.06. The molecule has 0 aliphatic carbocycles. The molecule has 3 nitrogen and oxygen atoms in total. The third kappa shape index (κ3) is 3.01. The maximum Gasteiger partial charge on any atom is 0.133 e. The van der Waals surface area contributed by atoms with Gasteiger partial charge in [0.1, 0.15) is 11.6 Å². The number of phenols is 1. The molecular weight excluding hydrogens is 236 g/mol. The predicted octanol–water partition coefficient (Wildman–Crippen LogP) is 3.37. The van der Waals surface area contributed by atoms with Crippen LogP contribution in [0.5, 0.6) is 5.75 Å². The van der Waals surface area contributed by atoms with E-state index in [2.05, 4.69) is 10.3 Å². The first kappa shape index (κ1) is 12.0. The summed E-state index contributed by atoms with van der Waals surface area (Å²) in [5.74, 6) is 1.04. The molecular formula is C13H15ClN2O. The van der Waals surface area contributed by atoms with E-state index < -0.39 is 0 Å². The van der Waals surface area contributed by atoms with Crippen LogP contribution >= 0.6 is 11.6 Å². The molecule has 0 amide bonds. The van der Waals surface area contributed by atoms with Gasteiger partial charge >= 0.3 is 0 Å². The Morgan fingerprint density at radius 3 is 3.00 bits per heavy atom. The molecule has 0 aliphatic rings. The van der Waals surface area contributed by atoms with Gasteiger partial charge in [-0.05, 0) is 36.9 Å². The number of anilines is 1. The average Bonchev–Trinajstić information content (AvgIpc) is 2.29. The number of nitrogens with one attached hydrogen (secondary N) is 1. The third-order valence-corrected chi connectivity index (χ3v) is 2.80. The van der Waals surface area contributed by atoms with E-state index in [1.54, 1.807) is 18.3 Å². The zero-order chi connectivity index (χ0) is 12.3. The van der Waals surface area contributed by atoms with Gasteiger partial charge in [0.25, 0.3) is 0 Å². The number of hydrogen-bond donors (Lipinski definition) is 2. The Bertz CT molecular complexity index is 514. The van der Waals surface area contributed by atoms with E-state index in [1.807, 2.05) is 19.1 Å². The molecule has 0 aliphatic heterocycles. The van der Waals surface area contributed by atoms with Crippen molar-refractivity contribution in [3.05, 3.63) is 30.5 Å². The van der Waals surface area contributed by atoms with Gasteiger partial charge in [-0.2, -0.15) is 0 Å². The lowest BCUT2D eigenvalue weighted by molar-refractivity contribution is 0.476. The third-order valence-electron chi connectivity index (χ3n) is 2.58. The predicted molar refractivity (Wildman–Crippen MR) is 71.8 cm³/mol. The Hall–Kier alpha value is -1.48. The van der Waals surface area contributed by atoms with E-state index in [1.165, 1.54) is 0 Å². The van der Waals surface area contributed by atoms with Crippen LogP contribution in [0.1, 0.15) is 13.3 Å². The number of halogens is 1. The molecule has 1 heterocycles. The van der Waals surface area contributed by atoms with E-state index in [4.69, 9.17) is 11.6 Å². The van der Waals surface area contributed by atoms with Crippen molar-refractivity contribution in [2.24, 2.45) is 0 Å². The average molecular weight is 251 g/mol. The lowest BCUT2D eigenvalue weighted by Gasteiger charge is -2.09. The minimum absolute atomic E-state index is 0.144. The lowest BCUT2D eigenvalue weighted by atomic mass is 10.1. The normalized spacial score (nSPS) is 12.6. The molecule has 0 spiro atoms. The first-order valence-corrected chi connectivity index (χ1v) is 6.06. The number of fused-ring (bicyclic) bond motifs is 1. The van der Waals surface area contributed by atoms with Crippen LogP contribution in [0.4, 0.5) is 5.82 Å². The number of pyridine rings is 1. The van der Waals surface area contributed by atoms with Gasteiger partial charge < -0.3 is 10.4 Å². The maximum absolute atomic E-state index is 9.49. The molecule has 0 saturated carbocycles. The number of aromatic nitrogens is 1. The Kier molecular flexibility index (Phi) is 3.69. The van der Waals surface area contributed by atoms with Gasteiger partial charge in [0, 0.05) is 23.5 Å². The molecule has 0 bridgehead atoms. The van der Waals surface area contributed by atoms with E-state index in [0.717, 1.165) is 29.6 Å². The Morgan fingerprint density at radius 2 is 2.24 bits per heavy atom. The van der Waals surface area contributed by atoms with Gasteiger partial charge in [-0.15, -0.1) is 11.6 Å². The van der Waals surface area contributed by atoms with Gasteiger partial charge in [0.15, 0.2) is 0 Å². The van der Waals surface area contributed by atoms with Crippen LogP contribution < -0.4 is 5.32 Å². The second-order valence-corrected chi connectivity index (χ2v) is 4.81. The van der Waals surface area contributed by atoms with E-state index in [-0.39, 0.29) is 11.1 Å². The second kappa shape index (κ2) is 5.23. The molecule has 17 heavy (non-hydrogen) atoms. The first-order valence-electron chi connectivity index (χ1n) is 5.62. The summed E-state index contributed by atoms with van der Waals surface area (Å²) in [5, 5.41) is 14.9. The van der Waals surface area contributed by atoms with Crippen LogP contribution in [0.3, 0.4) is 0 Å². The summed E-state index contributed by atoms with van der Waals surface area (Å²) in [5.41, 5.74) is 0. The van der Waals surface area contributed by atoms with Crippen molar-refractivity contribution in [2.45, 2.75) is 18.7 Å². The van der Waals surface area contributed by atoms with Gasteiger partial charge in [-0.1, -0.05) is 6.07 Å². The summed E-state index contributed by atoms with van der Waals surface area (Å²) in [6.45, 7) is 2.73. The van der Waals surface area contributed by atoms with Crippen LogP contribution in [0.2, 0.25) is 0 Å². The SMILES string of the molecule is CC(Cl)CCNc1nccc2ccc(O)cc12. The van der Waals surface area contributed by atoms with Crippen molar-refractivity contribution in [1.29, 1.82) is 0 Å². The molecule has 1 aromatic carbocycles. The number of benzene rings is 1. The zero-order valence-corrected chi connectivity index (χ0v) is 10.4. The largest absolute Gasteiger partial charge is 0.508 e. The Labute approximate surface area is 105 Å². The standard InChI is InChI=1S/C13H15ClN2O/c1-9(14)4-6-15-13-12-8-11(17)3-2-10(12)5-7-16-13/h2-3,5,7-9,17H,4,6H2,1H3,(H,15,16). The highest BCUT2D eigenvalue weighted by atomic mass is 35.5. The van der Waals surface area contributed by atoms with Crippen molar-refractivity contribution >= 4 is 28.2 Å². The Morgan fingerprint density at radius 1 is 1.41 bits per heavy atom. The fourth-order valence-electron chi connectivity index (χ4n) is 1.69. The Balaban J connectivity index is 2.24. The van der Waals surface area contributed by atoms with Gasteiger partial charge in [0.2, 0.25) is 0 Å². The van der Waals surface area contributed by atoms with Gasteiger partial charge in [0.05, 0.1) is 0 Å². The first-order chi connectivity index (χ1) is 8.16. The van der Waals surface area contributed by atoms with Crippen molar-refractivity contribution in [1.82, 2.24) is 4.98 Å². The molecule has 2 rings (SSSR count). The van der Waals surface area contributed by atoms with Crippen LogP contribution in [0, 0.1) is 0 Å². The number of hydrogen-bond acceptors (Lipinski definition) is 3. The fourth-order valence-corrected chi connectivity index (χ4v) is 1.80. The number of alkyl halides is 1. The maximum atomic E-state index is 9.49. The molecule has 2 N–H and O–H groups in total. The highest BCUT2D eigenvalue weighted by Gasteiger charge is 2.03. The molecule has 1 aromatic heterocycles. The van der Waals surface area contributed by atoms with Crippen LogP contribution in [0.15, 0.2) is 30.5 Å². The highest BCUT2D eigenvalue weighted by molar-refractivity contribution is 6.20. The van der Waals surface area contributed by atoms with E-state index in [0.29, 0.717) is 0 Å². The number of nitrogens with zero attached hydrogens (tertiary/aromatic N) is 1. The van der Waals surface area contributed by atoms with Crippen molar-refractivity contribution in [3.8, 4) is 5.75 Å². The highest BCUT2D eigenvalue weighted by Crippen LogP contribution is 2.25. The number of phenolic OH excluding ortho intramolecular Hbond substituents is 1.